The SMILES string of the molecule is CC(CN1CCOCC1)N(CCC(=O)N1CCNCC1)Cc1ccccc1.Cl.Cl. The first-order chi connectivity index (χ1) is 13.2. The largest absolute Gasteiger partial charge is 0.379 e. The smallest absolute Gasteiger partial charge is 0.223 e. The minimum absolute atomic E-state index is 0. The van der Waals surface area contributed by atoms with E-state index in [-0.39, 0.29) is 30.7 Å². The van der Waals surface area contributed by atoms with Gasteiger partial charge in [-0.3, -0.25) is 14.6 Å². The van der Waals surface area contributed by atoms with Crippen LogP contribution in [0.5, 0.6) is 0 Å². The van der Waals surface area contributed by atoms with Crippen LogP contribution in [0, 0.1) is 0 Å². The fourth-order valence-electron chi connectivity index (χ4n) is 3.86. The van der Waals surface area contributed by atoms with Crippen LogP contribution in [0.2, 0.25) is 0 Å². The molecular weight excluding hydrogens is 411 g/mol. The van der Waals surface area contributed by atoms with E-state index < -0.39 is 0 Å². The summed E-state index contributed by atoms with van der Waals surface area (Å²) in [6.07, 6.45) is 0.598. The lowest BCUT2D eigenvalue weighted by molar-refractivity contribution is -0.132. The van der Waals surface area contributed by atoms with Gasteiger partial charge in [0.05, 0.1) is 13.2 Å². The molecule has 2 heterocycles. The second kappa shape index (κ2) is 14.2. The third-order valence-electron chi connectivity index (χ3n) is 5.56. The summed E-state index contributed by atoms with van der Waals surface area (Å²) < 4.78 is 5.47. The molecule has 2 saturated heterocycles. The summed E-state index contributed by atoms with van der Waals surface area (Å²) in [5, 5.41) is 3.31. The number of halogens is 2. The van der Waals surface area contributed by atoms with Gasteiger partial charge < -0.3 is 15.0 Å². The van der Waals surface area contributed by atoms with E-state index in [4.69, 9.17) is 4.74 Å². The van der Waals surface area contributed by atoms with Crippen molar-refractivity contribution in [3.8, 4) is 0 Å². The van der Waals surface area contributed by atoms with Crippen LogP contribution >= 0.6 is 24.8 Å². The summed E-state index contributed by atoms with van der Waals surface area (Å²) in [5.74, 6) is 0.285. The zero-order valence-corrected chi connectivity index (χ0v) is 19.1. The van der Waals surface area contributed by atoms with Crippen molar-refractivity contribution in [3.63, 3.8) is 0 Å². The number of piperazine rings is 1. The average Bonchev–Trinajstić information content (AvgIpc) is 2.73. The third-order valence-corrected chi connectivity index (χ3v) is 5.56. The number of hydrogen-bond acceptors (Lipinski definition) is 5. The number of nitrogens with one attached hydrogen (secondary N) is 1. The van der Waals surface area contributed by atoms with Gasteiger partial charge in [0.25, 0.3) is 0 Å². The van der Waals surface area contributed by atoms with Crippen molar-refractivity contribution >= 4 is 30.7 Å². The van der Waals surface area contributed by atoms with Gasteiger partial charge in [0.15, 0.2) is 0 Å². The molecule has 0 spiro atoms. The molecule has 1 amide bonds. The number of morpholine rings is 1. The van der Waals surface area contributed by atoms with Crippen molar-refractivity contribution in [1.29, 1.82) is 0 Å². The van der Waals surface area contributed by atoms with Crippen LogP contribution in [-0.4, -0.2) is 92.2 Å². The number of hydrogen-bond donors (Lipinski definition) is 1. The number of amides is 1. The molecule has 0 bridgehead atoms. The van der Waals surface area contributed by atoms with Gasteiger partial charge in [0.2, 0.25) is 5.91 Å². The lowest BCUT2D eigenvalue weighted by Crippen LogP contribution is -2.48. The highest BCUT2D eigenvalue weighted by Crippen LogP contribution is 2.12. The molecule has 3 rings (SSSR count). The second-order valence-corrected chi connectivity index (χ2v) is 7.60. The average molecular weight is 447 g/mol. The molecule has 1 unspecified atom stereocenters. The summed E-state index contributed by atoms with van der Waals surface area (Å²) in [4.78, 5) is 19.6. The predicted octanol–water partition coefficient (Wildman–Crippen LogP) is 1.87. The van der Waals surface area contributed by atoms with E-state index in [1.54, 1.807) is 0 Å². The normalized spacial score (nSPS) is 18.6. The molecule has 1 aromatic rings. The van der Waals surface area contributed by atoms with E-state index >= 15 is 0 Å². The van der Waals surface area contributed by atoms with Gasteiger partial charge >= 0.3 is 0 Å². The molecule has 2 fully saturated rings. The third kappa shape index (κ3) is 8.79. The standard InChI is InChI=1S/C21H34N4O2.2ClH/c1-19(17-23-13-15-27-16-14-23)25(18-20-5-3-2-4-6-20)10-7-21(26)24-11-8-22-9-12-24;;/h2-6,19,22H,7-18H2,1H3;2*1H. The second-order valence-electron chi connectivity index (χ2n) is 7.60. The Bertz CT molecular complexity index is 567. The van der Waals surface area contributed by atoms with Crippen molar-refractivity contribution in [3.05, 3.63) is 35.9 Å². The monoisotopic (exact) mass is 446 g/mol. The predicted molar refractivity (Wildman–Crippen MR) is 122 cm³/mol. The topological polar surface area (TPSA) is 48.1 Å². The van der Waals surface area contributed by atoms with E-state index in [0.29, 0.717) is 12.5 Å². The van der Waals surface area contributed by atoms with Gasteiger partial charge in [0, 0.05) is 71.4 Å². The summed E-state index contributed by atoms with van der Waals surface area (Å²) in [6.45, 7) is 12.2. The maximum atomic E-state index is 12.6. The molecule has 0 radical (unpaired) electrons. The Morgan fingerprint density at radius 1 is 1.10 bits per heavy atom. The highest BCUT2D eigenvalue weighted by Gasteiger charge is 2.22. The lowest BCUT2D eigenvalue weighted by Gasteiger charge is -2.35. The van der Waals surface area contributed by atoms with Gasteiger partial charge in [-0.25, -0.2) is 0 Å². The Labute approximate surface area is 187 Å². The highest BCUT2D eigenvalue weighted by atomic mass is 35.5. The molecule has 166 valence electrons. The van der Waals surface area contributed by atoms with Crippen molar-refractivity contribution in [1.82, 2.24) is 20.0 Å². The van der Waals surface area contributed by atoms with Crippen LogP contribution in [0.4, 0.5) is 0 Å². The van der Waals surface area contributed by atoms with Gasteiger partial charge in [-0.15, -0.1) is 24.8 Å². The summed E-state index contributed by atoms with van der Waals surface area (Å²) in [5.41, 5.74) is 1.31. The van der Waals surface area contributed by atoms with Crippen LogP contribution in [0.15, 0.2) is 30.3 Å². The molecule has 0 aromatic heterocycles. The van der Waals surface area contributed by atoms with E-state index in [9.17, 15) is 4.79 Å². The molecule has 2 aliphatic rings. The number of rotatable bonds is 8. The molecule has 0 aliphatic carbocycles. The summed E-state index contributed by atoms with van der Waals surface area (Å²) in [6, 6.07) is 11.0. The Balaban J connectivity index is 0.00000210. The number of carbonyl (C=O) groups is 1. The first-order valence-electron chi connectivity index (χ1n) is 10.3. The maximum absolute atomic E-state index is 12.6. The quantitative estimate of drug-likeness (QED) is 0.660. The zero-order valence-electron chi connectivity index (χ0n) is 17.4. The minimum atomic E-state index is 0. The van der Waals surface area contributed by atoms with Crippen molar-refractivity contribution in [2.24, 2.45) is 0 Å². The fourth-order valence-corrected chi connectivity index (χ4v) is 3.86. The molecule has 0 saturated carbocycles. The molecule has 6 nitrogen and oxygen atoms in total. The summed E-state index contributed by atoms with van der Waals surface area (Å²) in [7, 11) is 0. The van der Waals surface area contributed by atoms with Gasteiger partial charge in [0.1, 0.15) is 0 Å². The lowest BCUT2D eigenvalue weighted by atomic mass is 10.1. The Morgan fingerprint density at radius 2 is 1.76 bits per heavy atom. The van der Waals surface area contributed by atoms with Gasteiger partial charge in [-0.05, 0) is 12.5 Å². The molecule has 8 heteroatoms. The Kier molecular flexibility index (Phi) is 12.8. The zero-order chi connectivity index (χ0) is 18.9. The van der Waals surface area contributed by atoms with Gasteiger partial charge in [-0.2, -0.15) is 0 Å². The number of benzene rings is 1. The maximum Gasteiger partial charge on any atom is 0.223 e. The number of nitrogens with zero attached hydrogens (tertiary/aromatic N) is 3. The Morgan fingerprint density at radius 3 is 2.41 bits per heavy atom. The van der Waals surface area contributed by atoms with Crippen LogP contribution in [0.25, 0.3) is 0 Å². The first kappa shape index (κ1) is 26.1. The molecule has 1 aromatic carbocycles. The number of carbonyl (C=O) groups excluding carboxylic acids is 1. The number of ether oxygens (including phenoxy) is 1. The van der Waals surface area contributed by atoms with Crippen molar-refractivity contribution in [2.75, 3.05) is 65.6 Å². The molecular formula is C21H36Cl2N4O2. The van der Waals surface area contributed by atoms with E-state index in [2.05, 4.69) is 52.4 Å². The van der Waals surface area contributed by atoms with Crippen LogP contribution in [-0.2, 0) is 16.1 Å². The molecule has 1 atom stereocenters. The van der Waals surface area contributed by atoms with E-state index in [1.807, 2.05) is 4.90 Å². The van der Waals surface area contributed by atoms with Gasteiger partial charge in [-0.1, -0.05) is 30.3 Å². The van der Waals surface area contributed by atoms with Crippen molar-refractivity contribution in [2.45, 2.75) is 25.9 Å². The van der Waals surface area contributed by atoms with Crippen LogP contribution in [0.1, 0.15) is 18.9 Å². The summed E-state index contributed by atoms with van der Waals surface area (Å²) >= 11 is 0. The first-order valence-corrected chi connectivity index (χ1v) is 10.3. The highest BCUT2D eigenvalue weighted by molar-refractivity contribution is 5.85. The Hall–Kier alpha value is -0.890. The van der Waals surface area contributed by atoms with Crippen molar-refractivity contribution < 1.29 is 9.53 Å². The van der Waals surface area contributed by atoms with E-state index in [1.165, 1.54) is 5.56 Å². The molecule has 1 N–H and O–H groups in total. The molecule has 2 aliphatic heterocycles. The minimum Gasteiger partial charge on any atom is -0.379 e. The van der Waals surface area contributed by atoms with E-state index in [0.717, 1.165) is 72.1 Å². The van der Waals surface area contributed by atoms with Crippen LogP contribution in [0.3, 0.4) is 0 Å². The fraction of sp³-hybridized carbons (Fsp3) is 0.667. The van der Waals surface area contributed by atoms with Crippen LogP contribution < -0.4 is 5.32 Å². The molecule has 29 heavy (non-hydrogen) atoms.